The lowest BCUT2D eigenvalue weighted by Gasteiger charge is -2.34. The monoisotopic (exact) mass is 370 g/mol. The normalized spacial score (nSPS) is 28.7. The number of hydrogen-bond acceptors (Lipinski definition) is 7. The van der Waals surface area contributed by atoms with E-state index in [2.05, 4.69) is 10.1 Å². The maximum Gasteiger partial charge on any atom is 0.325 e. The summed E-state index contributed by atoms with van der Waals surface area (Å²) in [5.41, 5.74) is 0. The number of methoxy groups -OCH3 is 2. The van der Waals surface area contributed by atoms with Crippen molar-refractivity contribution in [2.45, 2.75) is 44.8 Å². The largest absolute Gasteiger partial charge is 0.481 e. The molecule has 0 saturated carbocycles. The van der Waals surface area contributed by atoms with Gasteiger partial charge in [-0.25, -0.2) is 0 Å². The van der Waals surface area contributed by atoms with Crippen LogP contribution in [0.1, 0.15) is 26.7 Å². The maximum atomic E-state index is 12.7. The Kier molecular flexibility index (Phi) is 6.22. The van der Waals surface area contributed by atoms with Crippen LogP contribution in [0.4, 0.5) is 0 Å². The molecule has 0 aromatic rings. The van der Waals surface area contributed by atoms with Crippen LogP contribution in [0, 0.1) is 17.8 Å². The number of carboxylic acid groups (broad SMARTS) is 1. The topological polar surface area (TPSA) is 122 Å². The fourth-order valence-electron chi connectivity index (χ4n) is 4.38. The highest BCUT2D eigenvalue weighted by molar-refractivity contribution is 5.87. The van der Waals surface area contributed by atoms with Crippen LogP contribution in [0.5, 0.6) is 0 Å². The van der Waals surface area contributed by atoms with Crippen LogP contribution < -0.4 is 5.32 Å². The first kappa shape index (κ1) is 20.2. The van der Waals surface area contributed by atoms with E-state index in [0.29, 0.717) is 12.8 Å². The van der Waals surface area contributed by atoms with Gasteiger partial charge in [0.1, 0.15) is 6.54 Å². The van der Waals surface area contributed by atoms with Crippen molar-refractivity contribution in [3.8, 4) is 0 Å². The molecule has 9 nitrogen and oxygen atoms in total. The SMILES string of the molecule is COC(=O)CNC(=O)C(C(C)C)N1[C@@H]2CC[C@H]1[C@@H](C(=O)O)[C@@H]2C(=O)OC. The van der Waals surface area contributed by atoms with Crippen molar-refractivity contribution in [3.63, 3.8) is 0 Å². The third-order valence-electron chi connectivity index (χ3n) is 5.35. The van der Waals surface area contributed by atoms with Crippen LogP contribution in [0.15, 0.2) is 0 Å². The molecule has 2 bridgehead atoms. The Hall–Kier alpha value is -2.16. The first-order valence-electron chi connectivity index (χ1n) is 8.67. The third-order valence-corrected chi connectivity index (χ3v) is 5.35. The Bertz CT molecular complexity index is 592. The fraction of sp³-hybridized carbons (Fsp3) is 0.765. The van der Waals surface area contributed by atoms with E-state index >= 15 is 0 Å². The van der Waals surface area contributed by atoms with E-state index in [1.807, 2.05) is 18.7 Å². The van der Waals surface area contributed by atoms with E-state index in [1.165, 1.54) is 14.2 Å². The lowest BCUT2D eigenvalue weighted by Crippen LogP contribution is -2.53. The van der Waals surface area contributed by atoms with E-state index in [9.17, 15) is 24.3 Å². The Labute approximate surface area is 152 Å². The van der Waals surface area contributed by atoms with Crippen molar-refractivity contribution in [2.75, 3.05) is 20.8 Å². The summed E-state index contributed by atoms with van der Waals surface area (Å²) >= 11 is 0. The van der Waals surface area contributed by atoms with Crippen LogP contribution in [-0.4, -0.2) is 72.7 Å². The summed E-state index contributed by atoms with van der Waals surface area (Å²) < 4.78 is 9.35. The van der Waals surface area contributed by atoms with Crippen LogP contribution in [-0.2, 0) is 28.7 Å². The smallest absolute Gasteiger partial charge is 0.325 e. The molecule has 2 saturated heterocycles. The molecule has 0 spiro atoms. The quantitative estimate of drug-likeness (QED) is 0.583. The molecule has 2 aliphatic heterocycles. The van der Waals surface area contributed by atoms with Crippen molar-refractivity contribution in [3.05, 3.63) is 0 Å². The Morgan fingerprint density at radius 2 is 1.65 bits per heavy atom. The number of esters is 2. The van der Waals surface area contributed by atoms with Gasteiger partial charge in [-0.3, -0.25) is 24.1 Å². The summed E-state index contributed by atoms with van der Waals surface area (Å²) in [7, 11) is 2.47. The highest BCUT2D eigenvalue weighted by Crippen LogP contribution is 2.48. The number of nitrogens with zero attached hydrogens (tertiary/aromatic N) is 1. The zero-order chi connectivity index (χ0) is 19.6. The molecular weight excluding hydrogens is 344 g/mol. The molecule has 2 aliphatic rings. The molecule has 9 heteroatoms. The van der Waals surface area contributed by atoms with Gasteiger partial charge < -0.3 is 19.9 Å². The predicted octanol–water partition coefficient (Wildman–Crippen LogP) is -0.363. The number of fused-ring (bicyclic) bond motifs is 2. The van der Waals surface area contributed by atoms with Crippen molar-refractivity contribution < 1.29 is 33.8 Å². The average molecular weight is 370 g/mol. The summed E-state index contributed by atoms with van der Waals surface area (Å²) in [6.07, 6.45) is 1.23. The van der Waals surface area contributed by atoms with Gasteiger partial charge in [0.05, 0.1) is 32.1 Å². The number of carbonyl (C=O) groups excluding carboxylic acids is 3. The van der Waals surface area contributed by atoms with Crippen molar-refractivity contribution >= 4 is 23.8 Å². The van der Waals surface area contributed by atoms with Gasteiger partial charge in [0, 0.05) is 12.1 Å². The highest BCUT2D eigenvalue weighted by Gasteiger charge is 2.61. The number of ether oxygens (including phenoxy) is 2. The molecule has 5 atom stereocenters. The Morgan fingerprint density at radius 1 is 1.08 bits per heavy atom. The van der Waals surface area contributed by atoms with E-state index in [-0.39, 0.29) is 24.4 Å². The Balaban J connectivity index is 2.28. The first-order valence-corrected chi connectivity index (χ1v) is 8.67. The number of amides is 1. The van der Waals surface area contributed by atoms with E-state index in [0.717, 1.165) is 0 Å². The molecule has 0 radical (unpaired) electrons. The van der Waals surface area contributed by atoms with Crippen LogP contribution >= 0.6 is 0 Å². The highest BCUT2D eigenvalue weighted by atomic mass is 16.5. The van der Waals surface area contributed by atoms with Crippen molar-refractivity contribution in [1.82, 2.24) is 10.2 Å². The summed E-state index contributed by atoms with van der Waals surface area (Å²) in [4.78, 5) is 49.9. The lowest BCUT2D eigenvalue weighted by atomic mass is 9.79. The number of carboxylic acids is 1. The minimum Gasteiger partial charge on any atom is -0.481 e. The van der Waals surface area contributed by atoms with Gasteiger partial charge in [-0.15, -0.1) is 0 Å². The maximum absolute atomic E-state index is 12.7. The number of aliphatic carboxylic acids is 1. The molecule has 1 unspecified atom stereocenters. The van der Waals surface area contributed by atoms with Crippen molar-refractivity contribution in [2.24, 2.45) is 17.8 Å². The van der Waals surface area contributed by atoms with Gasteiger partial charge >= 0.3 is 17.9 Å². The Morgan fingerprint density at radius 3 is 2.12 bits per heavy atom. The van der Waals surface area contributed by atoms with Crippen molar-refractivity contribution in [1.29, 1.82) is 0 Å². The molecule has 146 valence electrons. The summed E-state index contributed by atoms with van der Waals surface area (Å²) in [6.45, 7) is 3.44. The first-order chi connectivity index (χ1) is 12.2. The molecule has 0 aliphatic carbocycles. The molecule has 2 heterocycles. The van der Waals surface area contributed by atoms with Crippen LogP contribution in [0.25, 0.3) is 0 Å². The van der Waals surface area contributed by atoms with Gasteiger partial charge in [-0.2, -0.15) is 0 Å². The molecule has 1 amide bonds. The lowest BCUT2D eigenvalue weighted by molar-refractivity contribution is -0.156. The van der Waals surface area contributed by atoms with Gasteiger partial charge in [0.15, 0.2) is 0 Å². The molecule has 2 fully saturated rings. The molecule has 0 aromatic heterocycles. The van der Waals surface area contributed by atoms with Gasteiger partial charge in [-0.1, -0.05) is 13.8 Å². The zero-order valence-electron chi connectivity index (χ0n) is 15.4. The predicted molar refractivity (Wildman–Crippen MR) is 88.9 cm³/mol. The van der Waals surface area contributed by atoms with E-state index in [1.54, 1.807) is 0 Å². The summed E-state index contributed by atoms with van der Waals surface area (Å²) in [5, 5.41) is 12.2. The number of hydrogen-bond donors (Lipinski definition) is 2. The van der Waals surface area contributed by atoms with Crippen LogP contribution in [0.3, 0.4) is 0 Å². The fourth-order valence-corrected chi connectivity index (χ4v) is 4.38. The van der Waals surface area contributed by atoms with Gasteiger partial charge in [0.2, 0.25) is 5.91 Å². The van der Waals surface area contributed by atoms with Gasteiger partial charge in [0.25, 0.3) is 0 Å². The minimum atomic E-state index is -1.06. The molecule has 26 heavy (non-hydrogen) atoms. The summed E-state index contributed by atoms with van der Waals surface area (Å²) in [5.74, 6) is -4.41. The van der Waals surface area contributed by atoms with E-state index in [4.69, 9.17) is 4.74 Å². The van der Waals surface area contributed by atoms with Crippen LogP contribution in [0.2, 0.25) is 0 Å². The average Bonchev–Trinajstić information content (AvgIpc) is 3.14. The second kappa shape index (κ2) is 8.03. The molecule has 2 N–H and O–H groups in total. The number of nitrogens with one attached hydrogen (secondary N) is 1. The van der Waals surface area contributed by atoms with Gasteiger partial charge in [-0.05, 0) is 18.8 Å². The van der Waals surface area contributed by atoms with E-state index < -0.39 is 41.8 Å². The summed E-state index contributed by atoms with van der Waals surface area (Å²) in [6, 6.07) is -1.43. The minimum absolute atomic E-state index is 0.137. The molecule has 0 aromatic carbocycles. The zero-order valence-corrected chi connectivity index (χ0v) is 15.4. The number of carbonyl (C=O) groups is 4. The standard InChI is InChI=1S/C17H26N2O7/c1-8(2)14(15(21)18-7-11(20)25-3)19-9-5-6-10(19)13(17(24)26-4)12(9)16(22)23/h8-10,12-14H,5-7H2,1-4H3,(H,18,21)(H,22,23)/t9-,10+,12+,13+,14?/m0/s1. The second-order valence-electron chi connectivity index (χ2n) is 7.06. The second-order valence-corrected chi connectivity index (χ2v) is 7.06. The molecule has 2 rings (SSSR count). The molecular formula is C17H26N2O7. The number of rotatable bonds is 7. The third kappa shape index (κ3) is 3.53.